The van der Waals surface area contributed by atoms with Gasteiger partial charge in [-0.05, 0) is 37.0 Å². The zero-order chi connectivity index (χ0) is 20.7. The third kappa shape index (κ3) is 3.45. The molecule has 1 atom stereocenters. The molecule has 0 saturated carbocycles. The highest BCUT2D eigenvalue weighted by Crippen LogP contribution is 2.37. The van der Waals surface area contributed by atoms with E-state index in [1.54, 1.807) is 18.4 Å². The molecule has 2 aliphatic rings. The summed E-state index contributed by atoms with van der Waals surface area (Å²) in [6.07, 6.45) is 4.20. The van der Waals surface area contributed by atoms with Crippen molar-refractivity contribution in [2.45, 2.75) is 30.8 Å². The molecule has 3 aromatic rings. The zero-order valence-corrected chi connectivity index (χ0v) is 17.9. The van der Waals surface area contributed by atoms with Crippen LogP contribution < -0.4 is 15.4 Å². The first-order chi connectivity index (χ1) is 14.6. The van der Waals surface area contributed by atoms with Crippen LogP contribution in [0, 0.1) is 0 Å². The van der Waals surface area contributed by atoms with Gasteiger partial charge in [0.2, 0.25) is 10.1 Å². The molecule has 2 aromatic heterocycles. The molecule has 0 radical (unpaired) electrons. The molecule has 3 N–H and O–H groups in total. The number of hydrogen-bond acceptors (Lipinski definition) is 8. The Labute approximate surface area is 179 Å². The number of aliphatic hydroxyl groups is 1. The summed E-state index contributed by atoms with van der Waals surface area (Å²) in [5.74, 6) is 1.25. The molecule has 0 amide bonds. The maximum Gasteiger partial charge on any atom is 0.214 e. The molecule has 30 heavy (non-hydrogen) atoms. The second-order valence-electron chi connectivity index (χ2n) is 8.16. The molecule has 8 nitrogen and oxygen atoms in total. The van der Waals surface area contributed by atoms with E-state index in [4.69, 9.17) is 20.3 Å². The lowest BCUT2D eigenvalue weighted by Crippen LogP contribution is -2.48. The number of nitrogens with two attached hydrogens (primary N) is 1. The SMILES string of the molecule is COc1cc(C2CCOC2)ccc1-c1cnc2sc(N3CCC(O)(CN)CC3)nn12. The number of fused-ring (bicyclic) bond motifs is 1. The average molecular weight is 430 g/mol. The third-order valence-electron chi connectivity index (χ3n) is 6.32. The van der Waals surface area contributed by atoms with Crippen molar-refractivity contribution in [2.75, 3.05) is 44.9 Å². The standard InChI is InChI=1S/C21H27N5O3S/c1-28-18-10-14(15-4-9-29-12-15)2-3-16(18)17-11-23-19-26(17)24-20(30-19)25-7-5-21(27,13-22)6-8-25/h2-3,10-11,15,27H,4-9,12-13,22H2,1H3. The van der Waals surface area contributed by atoms with E-state index in [1.807, 2.05) is 10.7 Å². The Kier molecular flexibility index (Phi) is 5.14. The Morgan fingerprint density at radius 3 is 2.90 bits per heavy atom. The van der Waals surface area contributed by atoms with Gasteiger partial charge in [0.1, 0.15) is 5.75 Å². The lowest BCUT2D eigenvalue weighted by Gasteiger charge is -2.37. The summed E-state index contributed by atoms with van der Waals surface area (Å²) in [6, 6.07) is 6.36. The van der Waals surface area contributed by atoms with Crippen LogP contribution in [0.4, 0.5) is 5.13 Å². The fourth-order valence-corrected chi connectivity index (χ4v) is 5.21. The first-order valence-corrected chi connectivity index (χ1v) is 11.2. The Morgan fingerprint density at radius 2 is 2.20 bits per heavy atom. The summed E-state index contributed by atoms with van der Waals surface area (Å²) in [4.78, 5) is 7.62. The van der Waals surface area contributed by atoms with Crippen molar-refractivity contribution in [3.05, 3.63) is 30.0 Å². The number of aromatic nitrogens is 3. The summed E-state index contributed by atoms with van der Waals surface area (Å²) in [7, 11) is 1.70. The van der Waals surface area contributed by atoms with Gasteiger partial charge in [-0.25, -0.2) is 9.50 Å². The summed E-state index contributed by atoms with van der Waals surface area (Å²) in [6.45, 7) is 3.36. The highest BCUT2D eigenvalue weighted by Gasteiger charge is 2.32. The molecule has 1 unspecified atom stereocenters. The topological polar surface area (TPSA) is 98.1 Å². The van der Waals surface area contributed by atoms with E-state index in [0.717, 1.165) is 59.8 Å². The number of piperidine rings is 1. The fraction of sp³-hybridized carbons (Fsp3) is 0.524. The van der Waals surface area contributed by atoms with Crippen LogP contribution in [0.25, 0.3) is 16.2 Å². The molecule has 0 bridgehead atoms. The van der Waals surface area contributed by atoms with Gasteiger partial charge >= 0.3 is 0 Å². The molecule has 160 valence electrons. The molecule has 9 heteroatoms. The Balaban J connectivity index is 1.44. The van der Waals surface area contributed by atoms with Crippen molar-refractivity contribution >= 4 is 21.4 Å². The van der Waals surface area contributed by atoms with Crippen LogP contribution in [0.2, 0.25) is 0 Å². The second kappa shape index (κ2) is 7.81. The minimum absolute atomic E-state index is 0.301. The Morgan fingerprint density at radius 1 is 1.37 bits per heavy atom. The predicted octanol–water partition coefficient (Wildman–Crippen LogP) is 2.26. The first-order valence-electron chi connectivity index (χ1n) is 10.4. The lowest BCUT2D eigenvalue weighted by molar-refractivity contribution is 0.0249. The molecule has 2 fully saturated rings. The highest BCUT2D eigenvalue weighted by molar-refractivity contribution is 7.20. The van der Waals surface area contributed by atoms with Crippen LogP contribution in [-0.4, -0.2) is 65.3 Å². The number of rotatable bonds is 5. The van der Waals surface area contributed by atoms with Gasteiger partial charge < -0.3 is 25.2 Å². The van der Waals surface area contributed by atoms with Crippen LogP contribution in [0.3, 0.4) is 0 Å². The smallest absolute Gasteiger partial charge is 0.214 e. The van der Waals surface area contributed by atoms with Gasteiger partial charge in [0.25, 0.3) is 0 Å². The van der Waals surface area contributed by atoms with Crippen LogP contribution in [-0.2, 0) is 4.74 Å². The monoisotopic (exact) mass is 429 g/mol. The summed E-state index contributed by atoms with van der Waals surface area (Å²) < 4.78 is 13.1. The van der Waals surface area contributed by atoms with E-state index in [-0.39, 0.29) is 0 Å². The van der Waals surface area contributed by atoms with Crippen LogP contribution in [0.5, 0.6) is 5.75 Å². The first kappa shape index (κ1) is 19.7. The Bertz CT molecular complexity index is 1030. The summed E-state index contributed by atoms with van der Waals surface area (Å²) in [5, 5.41) is 16.1. The molecular weight excluding hydrogens is 402 g/mol. The summed E-state index contributed by atoms with van der Waals surface area (Å²) in [5.41, 5.74) is 8.09. The van der Waals surface area contributed by atoms with Crippen molar-refractivity contribution in [3.63, 3.8) is 0 Å². The Hall–Kier alpha value is -2.20. The largest absolute Gasteiger partial charge is 0.496 e. The molecule has 5 rings (SSSR count). The van der Waals surface area contributed by atoms with Crippen molar-refractivity contribution in [1.29, 1.82) is 0 Å². The maximum absolute atomic E-state index is 10.4. The number of benzene rings is 1. The van der Waals surface area contributed by atoms with Gasteiger partial charge in [-0.3, -0.25) is 0 Å². The third-order valence-corrected chi connectivity index (χ3v) is 7.31. The van der Waals surface area contributed by atoms with Gasteiger partial charge in [-0.1, -0.05) is 17.4 Å². The molecule has 1 aromatic carbocycles. The number of ether oxygens (including phenoxy) is 2. The number of hydrogen-bond donors (Lipinski definition) is 2. The van der Waals surface area contributed by atoms with Crippen LogP contribution in [0.15, 0.2) is 24.4 Å². The minimum Gasteiger partial charge on any atom is -0.496 e. The van der Waals surface area contributed by atoms with E-state index >= 15 is 0 Å². The van der Waals surface area contributed by atoms with Gasteiger partial charge in [0.05, 0.1) is 31.2 Å². The molecule has 0 aliphatic carbocycles. The molecule has 2 aliphatic heterocycles. The molecule has 4 heterocycles. The van der Waals surface area contributed by atoms with E-state index < -0.39 is 5.60 Å². The van der Waals surface area contributed by atoms with Crippen LogP contribution >= 0.6 is 11.3 Å². The number of anilines is 1. The van der Waals surface area contributed by atoms with Gasteiger partial charge in [-0.15, -0.1) is 5.10 Å². The normalized spacial score (nSPS) is 21.4. The van der Waals surface area contributed by atoms with Crippen LogP contribution in [0.1, 0.15) is 30.7 Å². The van der Waals surface area contributed by atoms with Gasteiger partial charge in [0, 0.05) is 37.7 Å². The van der Waals surface area contributed by atoms with Crippen molar-refractivity contribution in [2.24, 2.45) is 5.73 Å². The van der Waals surface area contributed by atoms with E-state index in [9.17, 15) is 5.11 Å². The number of methoxy groups -OCH3 is 1. The van der Waals surface area contributed by atoms with Crippen molar-refractivity contribution in [3.8, 4) is 17.0 Å². The predicted molar refractivity (Wildman–Crippen MR) is 116 cm³/mol. The average Bonchev–Trinajstić information content (AvgIpc) is 3.51. The van der Waals surface area contributed by atoms with E-state index in [0.29, 0.717) is 25.3 Å². The maximum atomic E-state index is 10.4. The van der Waals surface area contributed by atoms with Crippen molar-refractivity contribution < 1.29 is 14.6 Å². The van der Waals surface area contributed by atoms with E-state index in [1.165, 1.54) is 5.56 Å². The summed E-state index contributed by atoms with van der Waals surface area (Å²) >= 11 is 1.56. The molecule has 0 spiro atoms. The minimum atomic E-state index is -0.751. The number of nitrogens with zero attached hydrogens (tertiary/aromatic N) is 4. The molecular formula is C21H27N5O3S. The number of imidazole rings is 1. The fourth-order valence-electron chi connectivity index (χ4n) is 4.28. The van der Waals surface area contributed by atoms with E-state index in [2.05, 4.69) is 28.1 Å². The van der Waals surface area contributed by atoms with Crippen molar-refractivity contribution in [1.82, 2.24) is 14.6 Å². The highest BCUT2D eigenvalue weighted by atomic mass is 32.1. The zero-order valence-electron chi connectivity index (χ0n) is 17.1. The van der Waals surface area contributed by atoms with Gasteiger partial charge in [0.15, 0.2) is 0 Å². The second-order valence-corrected chi connectivity index (χ2v) is 9.09. The quantitative estimate of drug-likeness (QED) is 0.642. The lowest BCUT2D eigenvalue weighted by atomic mass is 9.92. The van der Waals surface area contributed by atoms with Gasteiger partial charge in [-0.2, -0.15) is 0 Å². The molecule has 2 saturated heterocycles.